The number of hydrogen-bond acceptors (Lipinski definition) is 8. The minimum Gasteiger partial charge on any atom is -0.484 e. The molecule has 1 N–H and O–H groups in total. The predicted octanol–water partition coefficient (Wildman–Crippen LogP) is 3.72. The monoisotopic (exact) mass is 394 g/mol. The molecule has 0 saturated carbocycles. The van der Waals surface area contributed by atoms with Gasteiger partial charge in [0.15, 0.2) is 12.4 Å². The summed E-state index contributed by atoms with van der Waals surface area (Å²) in [5, 5.41) is 14.6. The van der Waals surface area contributed by atoms with Crippen molar-refractivity contribution in [2.75, 3.05) is 5.32 Å². The third kappa shape index (κ3) is 4.99. The first-order valence-electron chi connectivity index (χ1n) is 7.61. The van der Waals surface area contributed by atoms with Crippen molar-refractivity contribution in [1.29, 1.82) is 0 Å². The van der Waals surface area contributed by atoms with E-state index in [1.807, 2.05) is 0 Å². The molecule has 10 heteroatoms. The zero-order chi connectivity index (χ0) is 18.5. The quantitative estimate of drug-likeness (QED) is 0.604. The molecule has 1 amide bonds. The fourth-order valence-electron chi connectivity index (χ4n) is 1.88. The second-order valence-corrected chi connectivity index (χ2v) is 7.00. The van der Waals surface area contributed by atoms with E-state index in [2.05, 4.69) is 20.7 Å². The van der Waals surface area contributed by atoms with Crippen LogP contribution in [0.4, 0.5) is 5.82 Å². The molecule has 0 bridgehead atoms. The zero-order valence-corrected chi connectivity index (χ0v) is 15.5. The number of aromatic nitrogens is 3. The van der Waals surface area contributed by atoms with Gasteiger partial charge < -0.3 is 19.0 Å². The molecule has 0 radical (unpaired) electrons. The molecule has 136 valence electrons. The number of amides is 1. The molecule has 1 aromatic carbocycles. The summed E-state index contributed by atoms with van der Waals surface area (Å²) in [6.07, 6.45) is 0. The number of ether oxygens (including phenoxy) is 1. The van der Waals surface area contributed by atoms with Crippen LogP contribution in [0.3, 0.4) is 0 Å². The summed E-state index contributed by atoms with van der Waals surface area (Å²) in [5.41, 5.74) is 0. The summed E-state index contributed by atoms with van der Waals surface area (Å²) in [7, 11) is 0. The Morgan fingerprint density at radius 2 is 2.12 bits per heavy atom. The van der Waals surface area contributed by atoms with Crippen molar-refractivity contribution in [2.45, 2.75) is 30.9 Å². The van der Waals surface area contributed by atoms with Gasteiger partial charge in [0.2, 0.25) is 5.91 Å². The van der Waals surface area contributed by atoms with Crippen LogP contribution in [0.15, 0.2) is 44.5 Å². The molecule has 0 fully saturated rings. The van der Waals surface area contributed by atoms with E-state index in [0.717, 1.165) is 11.8 Å². The van der Waals surface area contributed by atoms with Gasteiger partial charge in [-0.1, -0.05) is 28.5 Å². The highest BCUT2D eigenvalue weighted by Crippen LogP contribution is 2.23. The smallest absolute Gasteiger partial charge is 0.277 e. The third-order valence-corrected chi connectivity index (χ3v) is 4.34. The van der Waals surface area contributed by atoms with Crippen molar-refractivity contribution in [1.82, 2.24) is 15.4 Å². The number of benzene rings is 1. The normalized spacial score (nSPS) is 12.0. The largest absolute Gasteiger partial charge is 0.484 e. The zero-order valence-electron chi connectivity index (χ0n) is 13.9. The first-order chi connectivity index (χ1) is 12.5. The number of carbonyl (C=O) groups excluding carboxylic acids is 1. The fourth-order valence-corrected chi connectivity index (χ4v) is 2.70. The van der Waals surface area contributed by atoms with Crippen LogP contribution in [-0.2, 0) is 11.4 Å². The molecule has 0 aliphatic heterocycles. The molecule has 1 unspecified atom stereocenters. The lowest BCUT2D eigenvalue weighted by Gasteiger charge is -2.07. The Kier molecular flexibility index (Phi) is 5.79. The van der Waals surface area contributed by atoms with Crippen LogP contribution in [0.5, 0.6) is 5.75 Å². The predicted molar refractivity (Wildman–Crippen MR) is 95.3 cm³/mol. The molecule has 1 atom stereocenters. The van der Waals surface area contributed by atoms with Crippen LogP contribution in [0.25, 0.3) is 0 Å². The minimum atomic E-state index is -0.461. The van der Waals surface area contributed by atoms with Crippen molar-refractivity contribution in [2.24, 2.45) is 0 Å². The molecule has 3 aromatic rings. The molecular weight excluding hydrogens is 380 g/mol. The van der Waals surface area contributed by atoms with Gasteiger partial charge in [-0.2, -0.15) is 0 Å². The first-order valence-corrected chi connectivity index (χ1v) is 8.87. The van der Waals surface area contributed by atoms with Crippen LogP contribution >= 0.6 is 23.4 Å². The minimum absolute atomic E-state index is 0.119. The number of nitrogens with zero attached hydrogens (tertiary/aromatic N) is 3. The highest BCUT2D eigenvalue weighted by molar-refractivity contribution is 8.00. The van der Waals surface area contributed by atoms with Crippen molar-refractivity contribution in [3.8, 4) is 5.75 Å². The summed E-state index contributed by atoms with van der Waals surface area (Å²) >= 11 is 6.96. The summed E-state index contributed by atoms with van der Waals surface area (Å²) in [4.78, 5) is 12.1. The number of anilines is 1. The van der Waals surface area contributed by atoms with Gasteiger partial charge in [-0.15, -0.1) is 10.2 Å². The van der Waals surface area contributed by atoms with Gasteiger partial charge >= 0.3 is 0 Å². The van der Waals surface area contributed by atoms with Gasteiger partial charge in [0.1, 0.15) is 11.5 Å². The Hall–Kier alpha value is -2.52. The number of hydrogen-bond donors (Lipinski definition) is 1. The van der Waals surface area contributed by atoms with Crippen molar-refractivity contribution < 1.29 is 18.5 Å². The molecule has 0 spiro atoms. The Labute approximate surface area is 158 Å². The third-order valence-electron chi connectivity index (χ3n) is 3.15. The van der Waals surface area contributed by atoms with Gasteiger partial charge in [-0.25, -0.2) is 0 Å². The second-order valence-electron chi connectivity index (χ2n) is 5.28. The Morgan fingerprint density at radius 1 is 1.35 bits per heavy atom. The van der Waals surface area contributed by atoms with E-state index in [1.54, 1.807) is 44.2 Å². The molecule has 0 aliphatic carbocycles. The maximum Gasteiger partial charge on any atom is 0.277 e. The van der Waals surface area contributed by atoms with Crippen LogP contribution < -0.4 is 10.1 Å². The molecule has 0 saturated heterocycles. The highest BCUT2D eigenvalue weighted by Gasteiger charge is 2.19. The highest BCUT2D eigenvalue weighted by atomic mass is 35.5. The molecule has 26 heavy (non-hydrogen) atoms. The van der Waals surface area contributed by atoms with Gasteiger partial charge in [0, 0.05) is 11.1 Å². The van der Waals surface area contributed by atoms with Crippen LogP contribution in [-0.4, -0.2) is 26.5 Å². The first kappa shape index (κ1) is 18.3. The summed E-state index contributed by atoms with van der Waals surface area (Å²) in [6.45, 7) is 3.59. The number of nitrogens with one attached hydrogen (secondary N) is 1. The van der Waals surface area contributed by atoms with E-state index in [1.165, 1.54) is 0 Å². The molecule has 8 nitrogen and oxygen atoms in total. The van der Waals surface area contributed by atoms with Gasteiger partial charge in [0.05, 0.1) is 5.25 Å². The number of rotatable bonds is 7. The number of thioether (sulfide) groups is 1. The average molecular weight is 395 g/mol. The van der Waals surface area contributed by atoms with E-state index in [9.17, 15) is 4.79 Å². The van der Waals surface area contributed by atoms with E-state index in [0.29, 0.717) is 28.2 Å². The van der Waals surface area contributed by atoms with E-state index in [4.69, 9.17) is 25.3 Å². The van der Waals surface area contributed by atoms with Crippen LogP contribution in [0.2, 0.25) is 5.02 Å². The molecule has 3 rings (SSSR count). The van der Waals surface area contributed by atoms with Crippen molar-refractivity contribution in [3.63, 3.8) is 0 Å². The average Bonchev–Trinajstić information content (AvgIpc) is 3.23. The summed E-state index contributed by atoms with van der Waals surface area (Å²) in [5.74, 6) is 1.67. The standard InChI is InChI=1S/C16H15ClN4O4S/c1-9-7-13(21-25-9)18-15(22)10(2)26-16-20-19-14(24-16)8-23-12-5-3-11(17)4-6-12/h3-7,10H,8H2,1-2H3,(H,18,21,22). The van der Waals surface area contributed by atoms with Gasteiger partial charge in [0.25, 0.3) is 11.1 Å². The van der Waals surface area contributed by atoms with Gasteiger partial charge in [-0.3, -0.25) is 4.79 Å². The lowest BCUT2D eigenvalue weighted by atomic mass is 10.3. The molecule has 2 aromatic heterocycles. The molecular formula is C16H15ClN4O4S. The van der Waals surface area contributed by atoms with Crippen molar-refractivity contribution in [3.05, 3.63) is 47.0 Å². The number of halogens is 1. The van der Waals surface area contributed by atoms with Crippen molar-refractivity contribution >= 4 is 35.1 Å². The van der Waals surface area contributed by atoms with E-state index in [-0.39, 0.29) is 17.7 Å². The van der Waals surface area contributed by atoms with E-state index >= 15 is 0 Å². The molecule has 2 heterocycles. The van der Waals surface area contributed by atoms with Gasteiger partial charge in [-0.05, 0) is 38.1 Å². The summed E-state index contributed by atoms with van der Waals surface area (Å²) in [6, 6.07) is 8.57. The lowest BCUT2D eigenvalue weighted by Crippen LogP contribution is -2.22. The Bertz CT molecular complexity index is 881. The summed E-state index contributed by atoms with van der Waals surface area (Å²) < 4.78 is 15.9. The van der Waals surface area contributed by atoms with Crippen LogP contribution in [0, 0.1) is 6.92 Å². The lowest BCUT2D eigenvalue weighted by molar-refractivity contribution is -0.115. The Morgan fingerprint density at radius 3 is 2.81 bits per heavy atom. The number of aryl methyl sites for hydroxylation is 1. The maximum atomic E-state index is 12.1. The topological polar surface area (TPSA) is 103 Å². The second kappa shape index (κ2) is 8.24. The fraction of sp³-hybridized carbons (Fsp3) is 0.250. The van der Waals surface area contributed by atoms with Crippen LogP contribution in [0.1, 0.15) is 18.6 Å². The maximum absolute atomic E-state index is 12.1. The SMILES string of the molecule is Cc1cc(NC(=O)C(C)Sc2nnc(COc3ccc(Cl)cc3)o2)no1. The number of carbonyl (C=O) groups is 1. The Balaban J connectivity index is 1.50. The molecule has 0 aliphatic rings. The van der Waals surface area contributed by atoms with E-state index < -0.39 is 5.25 Å².